The number of hydrogen-bond acceptors (Lipinski definition) is 0. The van der Waals surface area contributed by atoms with E-state index in [9.17, 15) is 0 Å². The van der Waals surface area contributed by atoms with Crippen molar-refractivity contribution in [1.29, 1.82) is 0 Å². The van der Waals surface area contributed by atoms with Crippen LogP contribution < -0.4 is 0 Å². The third-order valence-electron chi connectivity index (χ3n) is 3.42. The average molecular weight is 174 g/mol. The van der Waals surface area contributed by atoms with Crippen molar-refractivity contribution in [3.05, 3.63) is 0 Å². The summed E-state index contributed by atoms with van der Waals surface area (Å²) in [6.45, 7) is 7.30. The summed E-state index contributed by atoms with van der Waals surface area (Å²) >= 11 is 0. The molecule has 1 aliphatic heterocycles. The Morgan fingerprint density at radius 1 is 1.27 bits per heavy atom. The van der Waals surface area contributed by atoms with Crippen LogP contribution in [0.5, 0.6) is 0 Å². The van der Waals surface area contributed by atoms with E-state index in [1.165, 1.54) is 31.3 Å². The van der Waals surface area contributed by atoms with Gasteiger partial charge in [0.25, 0.3) is 0 Å². The molecule has 0 amide bonds. The fraction of sp³-hybridized carbons (Fsp3) is 1.00. The van der Waals surface area contributed by atoms with Crippen molar-refractivity contribution in [2.75, 3.05) is 19.0 Å². The van der Waals surface area contributed by atoms with Crippen molar-refractivity contribution in [1.82, 2.24) is 0 Å². The zero-order valence-corrected chi connectivity index (χ0v) is 9.32. The van der Waals surface area contributed by atoms with Crippen molar-refractivity contribution in [2.24, 2.45) is 0 Å². The van der Waals surface area contributed by atoms with Gasteiger partial charge < -0.3 is 0 Å². The van der Waals surface area contributed by atoms with E-state index in [2.05, 4.69) is 20.5 Å². The summed E-state index contributed by atoms with van der Waals surface area (Å²) < 4.78 is 0. The Labute approximate surface area is 72.1 Å². The Morgan fingerprint density at radius 3 is 2.27 bits per heavy atom. The molecule has 1 atom stereocenters. The molecule has 0 aromatic heterocycles. The predicted octanol–water partition coefficient (Wildman–Crippen LogP) is 3.35. The van der Waals surface area contributed by atoms with E-state index < -0.39 is 7.26 Å². The van der Waals surface area contributed by atoms with Gasteiger partial charge in [-0.3, -0.25) is 0 Å². The number of rotatable bonds is 5. The number of hydrogen-bond donors (Lipinski definition) is 0. The van der Waals surface area contributed by atoms with E-state index >= 15 is 0 Å². The van der Waals surface area contributed by atoms with E-state index in [1.807, 2.05) is 0 Å². The molecule has 0 spiro atoms. The normalized spacial score (nSPS) is 26.1. The van der Waals surface area contributed by atoms with E-state index in [1.54, 1.807) is 12.3 Å². The van der Waals surface area contributed by atoms with Crippen molar-refractivity contribution >= 4 is 7.26 Å². The van der Waals surface area contributed by atoms with Crippen LogP contribution in [0.1, 0.15) is 39.5 Å². The van der Waals surface area contributed by atoms with Crippen molar-refractivity contribution < 1.29 is 0 Å². The molecule has 0 saturated carbocycles. The summed E-state index contributed by atoms with van der Waals surface area (Å²) in [5.41, 5.74) is 1.17. The Bertz CT molecular complexity index is 116. The fourth-order valence-corrected chi connectivity index (χ4v) is 6.38. The molecule has 0 nitrogen and oxygen atoms in total. The van der Waals surface area contributed by atoms with Crippen LogP contribution in [0.2, 0.25) is 0 Å². The van der Waals surface area contributed by atoms with Gasteiger partial charge in [0.2, 0.25) is 0 Å². The zero-order chi connectivity index (χ0) is 8.32. The molecule has 1 rings (SSSR count). The fourth-order valence-electron chi connectivity index (χ4n) is 2.10. The maximum absolute atomic E-state index is 2.61. The van der Waals surface area contributed by atoms with Crippen LogP contribution in [0.4, 0.5) is 0 Å². The van der Waals surface area contributed by atoms with Crippen LogP contribution in [-0.2, 0) is 0 Å². The first-order valence-corrected chi connectivity index (χ1v) is 8.22. The minimum atomic E-state index is -0.574. The van der Waals surface area contributed by atoms with Gasteiger partial charge in [-0.05, 0) is 0 Å². The molecule has 0 N–H and O–H groups in total. The molecule has 1 fully saturated rings. The second kappa shape index (κ2) is 3.90. The molecule has 0 aromatic carbocycles. The van der Waals surface area contributed by atoms with Crippen LogP contribution in [0.15, 0.2) is 0 Å². The van der Waals surface area contributed by atoms with E-state index in [0.717, 1.165) is 0 Å². The molecular weight excluding hydrogens is 151 g/mol. The molecule has 1 heterocycles. The summed E-state index contributed by atoms with van der Waals surface area (Å²) in [5, 5.41) is 0. The Hall–Kier alpha value is 0.430. The van der Waals surface area contributed by atoms with Crippen LogP contribution in [0.3, 0.4) is 0 Å². The maximum atomic E-state index is 2.61. The van der Waals surface area contributed by atoms with Crippen LogP contribution in [-0.4, -0.2) is 24.6 Å². The summed E-state index contributed by atoms with van der Waals surface area (Å²) in [7, 11) is -0.574. The van der Waals surface area contributed by atoms with Gasteiger partial charge >= 0.3 is 71.4 Å². The Kier molecular flexibility index (Phi) is 3.37. The van der Waals surface area contributed by atoms with Gasteiger partial charge in [0.1, 0.15) is 0 Å². The average Bonchev–Trinajstić information content (AvgIpc) is 2.71. The molecule has 1 unspecified atom stereocenters. The van der Waals surface area contributed by atoms with Crippen molar-refractivity contribution in [3.8, 4) is 0 Å². The van der Waals surface area contributed by atoms with Crippen LogP contribution >= 0.6 is 7.26 Å². The van der Waals surface area contributed by atoms with Crippen molar-refractivity contribution in [3.63, 3.8) is 0 Å². The molecule has 0 aliphatic carbocycles. The van der Waals surface area contributed by atoms with Gasteiger partial charge in [-0.15, -0.1) is 0 Å². The predicted molar refractivity (Wildman–Crippen MR) is 57.6 cm³/mol. The van der Waals surface area contributed by atoms with E-state index in [4.69, 9.17) is 0 Å². The second-order valence-electron chi connectivity index (χ2n) is 4.40. The Morgan fingerprint density at radius 2 is 1.91 bits per heavy atom. The third-order valence-corrected chi connectivity index (χ3v) is 8.17. The van der Waals surface area contributed by atoms with Gasteiger partial charge in [0.05, 0.1) is 0 Å². The molecule has 0 aromatic rings. The van der Waals surface area contributed by atoms with Crippen molar-refractivity contribution in [2.45, 2.75) is 45.2 Å². The monoisotopic (exact) mass is 174 g/mol. The molecule has 1 heteroatoms. The molecule has 1 saturated heterocycles. The first kappa shape index (κ1) is 9.52. The number of unbranched alkanes of at least 4 members (excludes halogenated alkanes) is 1. The second-order valence-corrected chi connectivity index (χ2v) is 9.53. The molecule has 68 valence electrons. The minimum absolute atomic E-state index is 0.574. The summed E-state index contributed by atoms with van der Waals surface area (Å²) in [5.74, 6) is 0. The summed E-state index contributed by atoms with van der Waals surface area (Å²) in [6, 6.07) is 0. The van der Waals surface area contributed by atoms with E-state index in [-0.39, 0.29) is 0 Å². The molecule has 1 aliphatic rings. The summed E-state index contributed by atoms with van der Waals surface area (Å²) in [6.07, 6.45) is 9.13. The van der Waals surface area contributed by atoms with Gasteiger partial charge in [-0.2, -0.15) is 0 Å². The standard InChI is InChI=1S/C10H23P/c1-4-6-7-10(5-2)11(3)8-9-11/h10-11H,4-9H2,1-3H3. The van der Waals surface area contributed by atoms with Crippen LogP contribution in [0.25, 0.3) is 0 Å². The summed E-state index contributed by atoms with van der Waals surface area (Å²) in [4.78, 5) is 0. The van der Waals surface area contributed by atoms with Gasteiger partial charge in [0.15, 0.2) is 0 Å². The third kappa shape index (κ3) is 2.44. The first-order chi connectivity index (χ1) is 5.23. The first-order valence-electron chi connectivity index (χ1n) is 5.23. The molecule has 0 bridgehead atoms. The zero-order valence-electron chi connectivity index (χ0n) is 8.32. The SMILES string of the molecule is CCCCC(CC)[PH]1(C)CC1. The van der Waals surface area contributed by atoms with Gasteiger partial charge in [0, 0.05) is 0 Å². The molecular formula is C10H23P. The Balaban J connectivity index is 2.25. The topological polar surface area (TPSA) is 0 Å². The van der Waals surface area contributed by atoms with Crippen LogP contribution in [0, 0.1) is 0 Å². The van der Waals surface area contributed by atoms with Gasteiger partial charge in [-0.1, -0.05) is 0 Å². The quantitative estimate of drug-likeness (QED) is 0.561. The molecule has 11 heavy (non-hydrogen) atoms. The molecule has 0 radical (unpaired) electrons. The van der Waals surface area contributed by atoms with Gasteiger partial charge in [-0.25, -0.2) is 0 Å². The van der Waals surface area contributed by atoms with E-state index in [0.29, 0.717) is 0 Å².